The van der Waals surface area contributed by atoms with Crippen molar-refractivity contribution in [1.29, 1.82) is 0 Å². The van der Waals surface area contributed by atoms with Gasteiger partial charge in [0.25, 0.3) is 5.91 Å². The molecule has 1 fully saturated rings. The molecule has 1 atom stereocenters. The monoisotopic (exact) mass is 496 g/mol. The van der Waals surface area contributed by atoms with E-state index >= 15 is 0 Å². The summed E-state index contributed by atoms with van der Waals surface area (Å²) in [5, 5.41) is 6.39. The minimum absolute atomic E-state index is 0.00686. The van der Waals surface area contributed by atoms with Gasteiger partial charge in [-0.25, -0.2) is 13.1 Å². The Labute approximate surface area is 204 Å². The van der Waals surface area contributed by atoms with Gasteiger partial charge in [0.15, 0.2) is 11.5 Å². The molecule has 0 aliphatic carbocycles. The number of sulfonamides is 1. The third kappa shape index (κ3) is 6.34. The summed E-state index contributed by atoms with van der Waals surface area (Å²) in [6.45, 7) is 2.96. The third-order valence-corrected chi connectivity index (χ3v) is 7.41. The maximum Gasteiger partial charge on any atom is 0.273 e. The Morgan fingerprint density at radius 1 is 1.11 bits per heavy atom. The van der Waals surface area contributed by atoms with E-state index in [1.54, 1.807) is 29.2 Å². The van der Waals surface area contributed by atoms with Crippen molar-refractivity contribution in [3.05, 3.63) is 71.9 Å². The standard InChI is InChI=1S/C25H28N4O5S/c1-18-9-11-21(12-10-18)35(32,33)27-15-19-6-5-13-29(17-19)24(30)16-26-25(31)22-14-23(34-28-22)20-7-3-2-4-8-20/h2-4,7-12,14,19,27H,5-6,13,15-17H2,1H3,(H,26,31). The summed E-state index contributed by atoms with van der Waals surface area (Å²) in [6, 6.07) is 17.5. The summed E-state index contributed by atoms with van der Waals surface area (Å²) in [6.07, 6.45) is 1.58. The number of aromatic nitrogens is 1. The Morgan fingerprint density at radius 2 is 1.86 bits per heavy atom. The van der Waals surface area contributed by atoms with Gasteiger partial charge in [-0.3, -0.25) is 9.59 Å². The molecule has 1 aromatic heterocycles. The molecule has 2 aromatic carbocycles. The first-order valence-corrected chi connectivity index (χ1v) is 12.9. The van der Waals surface area contributed by atoms with Gasteiger partial charge in [-0.1, -0.05) is 53.2 Å². The molecule has 1 unspecified atom stereocenters. The number of nitrogens with zero attached hydrogens (tertiary/aromatic N) is 2. The smallest absolute Gasteiger partial charge is 0.273 e. The van der Waals surface area contributed by atoms with Crippen LogP contribution in [0.4, 0.5) is 0 Å². The average Bonchev–Trinajstić information content (AvgIpc) is 3.37. The molecule has 35 heavy (non-hydrogen) atoms. The summed E-state index contributed by atoms with van der Waals surface area (Å²) in [4.78, 5) is 27.0. The summed E-state index contributed by atoms with van der Waals surface area (Å²) in [7, 11) is -3.61. The first kappa shape index (κ1) is 24.6. The highest BCUT2D eigenvalue weighted by Gasteiger charge is 2.26. The van der Waals surface area contributed by atoms with Crippen LogP contribution in [0, 0.1) is 12.8 Å². The molecular formula is C25H28N4O5S. The largest absolute Gasteiger partial charge is 0.355 e. The topological polar surface area (TPSA) is 122 Å². The molecule has 0 spiro atoms. The zero-order valence-corrected chi connectivity index (χ0v) is 20.3. The van der Waals surface area contributed by atoms with Crippen molar-refractivity contribution in [2.75, 3.05) is 26.2 Å². The van der Waals surface area contributed by atoms with Gasteiger partial charge < -0.3 is 14.7 Å². The van der Waals surface area contributed by atoms with Crippen LogP contribution in [0.1, 0.15) is 28.9 Å². The quantitative estimate of drug-likeness (QED) is 0.494. The van der Waals surface area contributed by atoms with Crippen LogP contribution >= 0.6 is 0 Å². The van der Waals surface area contributed by atoms with E-state index in [1.165, 1.54) is 6.07 Å². The second kappa shape index (κ2) is 10.8. The highest BCUT2D eigenvalue weighted by molar-refractivity contribution is 7.89. The van der Waals surface area contributed by atoms with E-state index in [-0.39, 0.29) is 35.5 Å². The maximum absolute atomic E-state index is 12.7. The maximum atomic E-state index is 12.7. The number of rotatable bonds is 8. The van der Waals surface area contributed by atoms with Gasteiger partial charge in [-0.2, -0.15) is 0 Å². The Kier molecular flexibility index (Phi) is 7.62. The zero-order valence-electron chi connectivity index (χ0n) is 19.4. The molecule has 184 valence electrons. The van der Waals surface area contributed by atoms with Crippen molar-refractivity contribution < 1.29 is 22.5 Å². The second-order valence-electron chi connectivity index (χ2n) is 8.64. The minimum atomic E-state index is -3.61. The molecular weight excluding hydrogens is 468 g/mol. The number of aryl methyl sites for hydroxylation is 1. The molecule has 2 heterocycles. The predicted molar refractivity (Wildman–Crippen MR) is 130 cm³/mol. The number of carbonyl (C=O) groups is 2. The van der Waals surface area contributed by atoms with Crippen LogP contribution in [0.25, 0.3) is 11.3 Å². The van der Waals surface area contributed by atoms with Gasteiger partial charge in [0, 0.05) is 31.3 Å². The van der Waals surface area contributed by atoms with Crippen molar-refractivity contribution in [2.24, 2.45) is 5.92 Å². The molecule has 3 aromatic rings. The van der Waals surface area contributed by atoms with Crippen LogP contribution in [0.2, 0.25) is 0 Å². The fourth-order valence-electron chi connectivity index (χ4n) is 3.97. The summed E-state index contributed by atoms with van der Waals surface area (Å²) < 4.78 is 33.0. The van der Waals surface area contributed by atoms with Crippen LogP contribution < -0.4 is 10.0 Å². The van der Waals surface area contributed by atoms with Gasteiger partial charge in [-0.05, 0) is 37.8 Å². The molecule has 2 amide bonds. The first-order valence-electron chi connectivity index (χ1n) is 11.5. The van der Waals surface area contributed by atoms with E-state index in [0.29, 0.717) is 18.8 Å². The van der Waals surface area contributed by atoms with E-state index in [1.807, 2.05) is 37.3 Å². The average molecular weight is 497 g/mol. The van der Waals surface area contributed by atoms with Crippen molar-refractivity contribution in [3.8, 4) is 11.3 Å². The number of benzene rings is 2. The molecule has 0 radical (unpaired) electrons. The van der Waals surface area contributed by atoms with E-state index in [0.717, 1.165) is 24.0 Å². The van der Waals surface area contributed by atoms with Crippen molar-refractivity contribution in [3.63, 3.8) is 0 Å². The van der Waals surface area contributed by atoms with E-state index in [2.05, 4.69) is 15.2 Å². The Balaban J connectivity index is 1.26. The lowest BCUT2D eigenvalue weighted by molar-refractivity contribution is -0.131. The molecule has 4 rings (SSSR count). The molecule has 0 saturated carbocycles. The fourth-order valence-corrected chi connectivity index (χ4v) is 5.08. The number of carbonyl (C=O) groups excluding carboxylic acids is 2. The van der Waals surface area contributed by atoms with E-state index in [9.17, 15) is 18.0 Å². The molecule has 1 saturated heterocycles. The first-order chi connectivity index (χ1) is 16.8. The number of nitrogens with one attached hydrogen (secondary N) is 2. The molecule has 1 aliphatic rings. The Bertz CT molecular complexity index is 1270. The SMILES string of the molecule is Cc1ccc(S(=O)(=O)NCC2CCCN(C(=O)CNC(=O)c3cc(-c4ccccc4)on3)C2)cc1. The lowest BCUT2D eigenvalue weighted by Crippen LogP contribution is -2.47. The Hall–Kier alpha value is -3.50. The minimum Gasteiger partial charge on any atom is -0.355 e. The van der Waals surface area contributed by atoms with Crippen LogP contribution in [0.3, 0.4) is 0 Å². The number of amides is 2. The van der Waals surface area contributed by atoms with Gasteiger partial charge in [0.05, 0.1) is 11.4 Å². The van der Waals surface area contributed by atoms with E-state index < -0.39 is 15.9 Å². The van der Waals surface area contributed by atoms with Gasteiger partial charge in [0.1, 0.15) is 0 Å². The summed E-state index contributed by atoms with van der Waals surface area (Å²) >= 11 is 0. The lowest BCUT2D eigenvalue weighted by atomic mass is 9.98. The van der Waals surface area contributed by atoms with Crippen LogP contribution in [-0.4, -0.2) is 56.5 Å². The number of piperidine rings is 1. The lowest BCUT2D eigenvalue weighted by Gasteiger charge is -2.33. The highest BCUT2D eigenvalue weighted by Crippen LogP contribution is 2.20. The summed E-state index contributed by atoms with van der Waals surface area (Å²) in [5.74, 6) is -0.262. The van der Waals surface area contributed by atoms with Crippen LogP contribution in [0.5, 0.6) is 0 Å². The van der Waals surface area contributed by atoms with Gasteiger partial charge >= 0.3 is 0 Å². The molecule has 9 nitrogen and oxygen atoms in total. The predicted octanol–water partition coefficient (Wildman–Crippen LogP) is 2.60. The Morgan fingerprint density at radius 3 is 2.60 bits per heavy atom. The second-order valence-corrected chi connectivity index (χ2v) is 10.4. The molecule has 1 aliphatic heterocycles. The molecule has 0 bridgehead atoms. The van der Waals surface area contributed by atoms with Crippen molar-refractivity contribution in [1.82, 2.24) is 20.1 Å². The van der Waals surface area contributed by atoms with Crippen LogP contribution in [0.15, 0.2) is 70.1 Å². The summed E-state index contributed by atoms with van der Waals surface area (Å²) in [5.41, 5.74) is 1.88. The van der Waals surface area contributed by atoms with Gasteiger partial charge in [0.2, 0.25) is 15.9 Å². The van der Waals surface area contributed by atoms with Crippen molar-refractivity contribution >= 4 is 21.8 Å². The highest BCUT2D eigenvalue weighted by atomic mass is 32.2. The molecule has 10 heteroatoms. The third-order valence-electron chi connectivity index (χ3n) is 5.97. The van der Waals surface area contributed by atoms with Gasteiger partial charge in [-0.15, -0.1) is 0 Å². The van der Waals surface area contributed by atoms with Crippen molar-refractivity contribution in [2.45, 2.75) is 24.7 Å². The zero-order chi connectivity index (χ0) is 24.8. The normalized spacial score (nSPS) is 16.1. The number of hydrogen-bond acceptors (Lipinski definition) is 6. The fraction of sp³-hybridized carbons (Fsp3) is 0.320. The number of likely N-dealkylation sites (tertiary alicyclic amines) is 1. The number of hydrogen-bond donors (Lipinski definition) is 2. The van der Waals surface area contributed by atoms with Crippen LogP contribution in [-0.2, 0) is 14.8 Å². The molecule has 2 N–H and O–H groups in total. The van der Waals surface area contributed by atoms with E-state index in [4.69, 9.17) is 4.52 Å².